The Morgan fingerprint density at radius 3 is 1.27 bits per heavy atom. The van der Waals surface area contributed by atoms with Crippen LogP contribution in [-0.2, 0) is 23.7 Å². The summed E-state index contributed by atoms with van der Waals surface area (Å²) in [6.07, 6.45) is -10.1. The highest BCUT2D eigenvalue weighted by Crippen LogP contribution is 2.51. The molecule has 0 saturated heterocycles. The van der Waals surface area contributed by atoms with E-state index in [0.717, 1.165) is 107 Å². The average Bonchev–Trinajstić information content (AvgIpc) is 4.11. The van der Waals surface area contributed by atoms with Crippen LogP contribution in [0.2, 0.25) is 0 Å². The molecular weight excluding hydrogens is 1030 g/mol. The van der Waals surface area contributed by atoms with Crippen molar-refractivity contribution in [2.75, 3.05) is 21.7 Å². The number of hydrogen-bond donors (Lipinski definition) is 1. The fourth-order valence-electron chi connectivity index (χ4n) is 11.1. The minimum atomic E-state index is -5.16. The van der Waals surface area contributed by atoms with Crippen LogP contribution in [0.3, 0.4) is 0 Å². The SMILES string of the molecule is CCc1cc(N2C(=O)c3ccc([C@](C)(c4ccc5c(c4)C(=O)N(C)C5=O)C(F)(F)F)cc3C2=O)c(CC)c(N2C(=O)c3ccc([C@@](C)(c4ccc5c(c4)C(=O)N(c4cc(C)cc(C(=O)O)c4)C5=O)C(F)(F)F)cc3C2=O)c1C. The van der Waals surface area contributed by atoms with E-state index in [-0.39, 0.29) is 68.8 Å². The second-order valence-electron chi connectivity index (χ2n) is 19.9. The van der Waals surface area contributed by atoms with Crippen molar-refractivity contribution in [2.24, 2.45) is 0 Å². The number of aromatic carboxylic acids is 1. The van der Waals surface area contributed by atoms with E-state index in [1.54, 1.807) is 20.8 Å². The second-order valence-corrected chi connectivity index (χ2v) is 19.9. The highest BCUT2D eigenvalue weighted by molar-refractivity contribution is 6.37. The summed E-state index contributed by atoms with van der Waals surface area (Å²) in [6.45, 7) is 8.05. The third-order valence-electron chi connectivity index (χ3n) is 15.7. The van der Waals surface area contributed by atoms with Crippen LogP contribution < -0.4 is 14.7 Å². The fourth-order valence-corrected chi connectivity index (χ4v) is 11.1. The third kappa shape index (κ3) is 7.21. The lowest BCUT2D eigenvalue weighted by Gasteiger charge is -2.33. The van der Waals surface area contributed by atoms with Crippen LogP contribution in [0.4, 0.5) is 43.4 Å². The highest BCUT2D eigenvalue weighted by Gasteiger charge is 2.57. The molecule has 4 aliphatic rings. The zero-order valence-corrected chi connectivity index (χ0v) is 42.3. The Hall–Kier alpha value is -9.07. The van der Waals surface area contributed by atoms with Crippen molar-refractivity contribution >= 4 is 70.3 Å². The molecule has 4 aliphatic heterocycles. The van der Waals surface area contributed by atoms with E-state index in [9.17, 15) is 48.3 Å². The van der Waals surface area contributed by atoms with Gasteiger partial charge in [0.25, 0.3) is 47.3 Å². The molecule has 78 heavy (non-hydrogen) atoms. The van der Waals surface area contributed by atoms with Gasteiger partial charge >= 0.3 is 18.3 Å². The van der Waals surface area contributed by atoms with Crippen LogP contribution in [0.25, 0.3) is 0 Å². The summed E-state index contributed by atoms with van der Waals surface area (Å²) >= 11 is 0. The normalized spacial score (nSPS) is 16.8. The molecule has 0 spiro atoms. The van der Waals surface area contributed by atoms with Crippen molar-refractivity contribution in [3.8, 4) is 0 Å². The van der Waals surface area contributed by atoms with Crippen molar-refractivity contribution < 1.29 is 74.6 Å². The number of alkyl halides is 6. The van der Waals surface area contributed by atoms with E-state index in [0.29, 0.717) is 21.6 Å². The average molecular weight is 1070 g/mol. The Morgan fingerprint density at radius 2 is 0.846 bits per heavy atom. The lowest BCUT2D eigenvalue weighted by Crippen LogP contribution is -2.41. The lowest BCUT2D eigenvalue weighted by molar-refractivity contribution is -0.173. The van der Waals surface area contributed by atoms with Crippen LogP contribution in [-0.4, -0.2) is 82.6 Å². The minimum absolute atomic E-state index is 0.0680. The van der Waals surface area contributed by atoms with Crippen molar-refractivity contribution in [3.05, 3.63) is 192 Å². The maximum absolute atomic E-state index is 15.7. The number of anilines is 3. The molecule has 0 saturated carbocycles. The molecule has 0 bridgehead atoms. The number of rotatable bonds is 10. The van der Waals surface area contributed by atoms with Gasteiger partial charge in [-0.1, -0.05) is 38.1 Å². The molecule has 4 heterocycles. The van der Waals surface area contributed by atoms with E-state index < -0.39 is 115 Å². The molecule has 1 N–H and O–H groups in total. The van der Waals surface area contributed by atoms with Gasteiger partial charge < -0.3 is 5.11 Å². The van der Waals surface area contributed by atoms with Crippen LogP contribution in [0.1, 0.15) is 165 Å². The molecule has 0 fully saturated rings. The van der Waals surface area contributed by atoms with Crippen LogP contribution in [0, 0.1) is 13.8 Å². The molecule has 0 radical (unpaired) electrons. The Morgan fingerprint density at radius 1 is 0.474 bits per heavy atom. The van der Waals surface area contributed by atoms with Gasteiger partial charge in [-0.25, -0.2) is 19.5 Å². The first-order valence-electron chi connectivity index (χ1n) is 24.2. The van der Waals surface area contributed by atoms with E-state index in [1.165, 1.54) is 32.2 Å². The molecule has 10 rings (SSSR count). The smallest absolute Gasteiger partial charge is 0.402 e. The Labute approximate surface area is 439 Å². The number of amides is 8. The summed E-state index contributed by atoms with van der Waals surface area (Å²) in [7, 11) is 1.19. The van der Waals surface area contributed by atoms with Gasteiger partial charge in [0.2, 0.25) is 0 Å². The molecule has 396 valence electrons. The highest BCUT2D eigenvalue weighted by atomic mass is 19.4. The van der Waals surface area contributed by atoms with Gasteiger partial charge in [-0.05, 0) is 152 Å². The molecule has 6 aromatic carbocycles. The number of hydrogen-bond acceptors (Lipinski definition) is 9. The monoisotopic (exact) mass is 1070 g/mol. The van der Waals surface area contributed by atoms with Gasteiger partial charge in [0.05, 0.1) is 67.1 Å². The van der Waals surface area contributed by atoms with Gasteiger partial charge in [-0.15, -0.1) is 0 Å². The molecular formula is C58H42F6N4O10. The Kier molecular flexibility index (Phi) is 11.7. The van der Waals surface area contributed by atoms with Gasteiger partial charge in [0.1, 0.15) is 10.8 Å². The van der Waals surface area contributed by atoms with E-state index >= 15 is 26.3 Å². The number of carbonyl (C=O) groups excluding carboxylic acids is 8. The molecule has 0 aliphatic carbocycles. The summed E-state index contributed by atoms with van der Waals surface area (Å²) in [5.41, 5.74) is -9.61. The van der Waals surface area contributed by atoms with Crippen molar-refractivity contribution in [3.63, 3.8) is 0 Å². The number of halogens is 6. The van der Waals surface area contributed by atoms with E-state index in [1.807, 2.05) is 0 Å². The third-order valence-corrected chi connectivity index (χ3v) is 15.7. The summed E-state index contributed by atoms with van der Waals surface area (Å²) in [6, 6.07) is 17.4. The summed E-state index contributed by atoms with van der Waals surface area (Å²) in [5.74, 6) is -8.79. The quantitative estimate of drug-likeness (QED) is 0.102. The summed E-state index contributed by atoms with van der Waals surface area (Å²) in [5, 5.41) is 9.61. The van der Waals surface area contributed by atoms with Gasteiger partial charge in [-0.3, -0.25) is 43.3 Å². The molecule has 6 aromatic rings. The van der Waals surface area contributed by atoms with Crippen molar-refractivity contribution in [1.82, 2.24) is 4.90 Å². The summed E-state index contributed by atoms with van der Waals surface area (Å²) in [4.78, 5) is 126. The number of imide groups is 4. The van der Waals surface area contributed by atoms with Crippen LogP contribution in [0.5, 0.6) is 0 Å². The zero-order chi connectivity index (χ0) is 56.8. The molecule has 0 unspecified atom stereocenters. The first-order valence-corrected chi connectivity index (χ1v) is 24.2. The van der Waals surface area contributed by atoms with Crippen LogP contribution >= 0.6 is 0 Å². The van der Waals surface area contributed by atoms with Crippen molar-refractivity contribution in [1.29, 1.82) is 0 Å². The molecule has 8 amide bonds. The van der Waals surface area contributed by atoms with E-state index in [4.69, 9.17) is 0 Å². The van der Waals surface area contributed by atoms with Crippen molar-refractivity contribution in [2.45, 2.75) is 77.6 Å². The number of carbonyl (C=O) groups is 9. The number of carboxylic acid groups (broad SMARTS) is 1. The van der Waals surface area contributed by atoms with Gasteiger partial charge in [0.15, 0.2) is 0 Å². The predicted molar refractivity (Wildman–Crippen MR) is 269 cm³/mol. The second kappa shape index (κ2) is 17.5. The minimum Gasteiger partial charge on any atom is -0.478 e. The maximum atomic E-state index is 15.7. The summed E-state index contributed by atoms with van der Waals surface area (Å²) < 4.78 is 93.5. The molecule has 0 aromatic heterocycles. The van der Waals surface area contributed by atoms with Gasteiger partial charge in [0, 0.05) is 12.6 Å². The zero-order valence-electron chi connectivity index (χ0n) is 42.3. The standard InChI is InChI=1S/C58H42F6N4O10/c1-8-28-21-44(67-49(72)38-16-12-32(24-42(38)52(67)75)55(5,57(59,60)61)30-10-14-36-40(22-30)47(70)65(7)46(36)69)35(9-2)45(27(28)4)68-50(73)39-17-13-33(25-43(39)53(68)76)56(6,58(62,63)64)31-11-15-37-41(23-31)51(74)66(48(37)71)34-19-26(3)18-29(20-34)54(77)78/h10-25H,8-9H2,1-7H3,(H,77,78)/t55-,56+/m0/s1. The number of carboxylic acids is 1. The Balaban J connectivity index is 1.02. The number of fused-ring (bicyclic) bond motifs is 4. The number of aryl methyl sites for hydroxylation is 2. The predicted octanol–water partition coefficient (Wildman–Crippen LogP) is 10.5. The lowest BCUT2D eigenvalue weighted by atomic mass is 9.74. The topological polar surface area (TPSA) is 187 Å². The number of benzene rings is 6. The maximum Gasteiger partial charge on any atom is 0.402 e. The number of nitrogens with zero attached hydrogens (tertiary/aromatic N) is 4. The van der Waals surface area contributed by atoms with E-state index in [2.05, 4.69) is 0 Å². The molecule has 2 atom stereocenters. The van der Waals surface area contributed by atoms with Crippen LogP contribution in [0.15, 0.2) is 97.1 Å². The Bertz CT molecular complexity index is 3850. The molecule has 14 nitrogen and oxygen atoms in total. The first kappa shape index (κ1) is 52.4. The largest absolute Gasteiger partial charge is 0.478 e. The van der Waals surface area contributed by atoms with Gasteiger partial charge in [-0.2, -0.15) is 26.3 Å². The molecule has 20 heteroatoms. The fraction of sp³-hybridized carbons (Fsp3) is 0.224. The first-order chi connectivity index (χ1) is 36.5.